The van der Waals surface area contributed by atoms with Gasteiger partial charge in [0.1, 0.15) is 6.10 Å². The second-order valence-electron chi connectivity index (χ2n) is 16.5. The van der Waals surface area contributed by atoms with Gasteiger partial charge < -0.3 is 14.2 Å². The molecule has 6 aliphatic rings. The molecule has 40 heavy (non-hydrogen) atoms. The predicted molar refractivity (Wildman–Crippen MR) is 164 cm³/mol. The van der Waals surface area contributed by atoms with E-state index in [9.17, 15) is 0 Å². The summed E-state index contributed by atoms with van der Waals surface area (Å²) in [5.74, 6) is 5.25. The Morgan fingerprint density at radius 3 is 2.33 bits per heavy atom. The first-order chi connectivity index (χ1) is 19.0. The monoisotopic (exact) mass is 552 g/mol. The van der Waals surface area contributed by atoms with E-state index in [4.69, 9.17) is 14.2 Å². The molecule has 3 nitrogen and oxygen atoms in total. The molecule has 5 saturated carbocycles. The smallest absolute Gasteiger partial charge is 0.157 e. The SMILES string of the molecule is C=C(C)O[C@H]1CC[C@@]2(C)C(CC[C@]3(C)C2CCC2C4[C@H](C(=C)C)CC[C@]4(COC4CCCCO4)CC[C@]23C)[C@H]1C. The van der Waals surface area contributed by atoms with Crippen LogP contribution in [-0.2, 0) is 14.2 Å². The fourth-order valence-corrected chi connectivity index (χ4v) is 12.7. The summed E-state index contributed by atoms with van der Waals surface area (Å²) in [6.45, 7) is 25.5. The number of allylic oxidation sites excluding steroid dienone is 2. The zero-order valence-corrected chi connectivity index (χ0v) is 26.9. The van der Waals surface area contributed by atoms with E-state index in [1.165, 1.54) is 82.6 Å². The summed E-state index contributed by atoms with van der Waals surface area (Å²) >= 11 is 0. The van der Waals surface area contributed by atoms with Crippen molar-refractivity contribution in [3.8, 4) is 0 Å². The summed E-state index contributed by atoms with van der Waals surface area (Å²) in [5, 5.41) is 0. The average molecular weight is 553 g/mol. The predicted octanol–water partition coefficient (Wildman–Crippen LogP) is 9.72. The normalized spacial score (nSPS) is 52.0. The third kappa shape index (κ3) is 4.32. The van der Waals surface area contributed by atoms with Crippen LogP contribution in [0, 0.1) is 57.2 Å². The van der Waals surface area contributed by atoms with Gasteiger partial charge in [-0.25, -0.2) is 0 Å². The fraction of sp³-hybridized carbons (Fsp3) is 0.892. The zero-order chi connectivity index (χ0) is 28.5. The van der Waals surface area contributed by atoms with Crippen molar-refractivity contribution < 1.29 is 14.2 Å². The Bertz CT molecular complexity index is 982. The molecule has 6 rings (SSSR count). The van der Waals surface area contributed by atoms with Crippen molar-refractivity contribution in [3.63, 3.8) is 0 Å². The van der Waals surface area contributed by atoms with Crippen molar-refractivity contribution in [2.75, 3.05) is 13.2 Å². The molecule has 0 bridgehead atoms. The molecule has 0 amide bonds. The summed E-state index contributed by atoms with van der Waals surface area (Å²) in [6, 6.07) is 0. The lowest BCUT2D eigenvalue weighted by Gasteiger charge is -2.72. The Morgan fingerprint density at radius 1 is 0.825 bits per heavy atom. The van der Waals surface area contributed by atoms with Crippen LogP contribution in [0.1, 0.15) is 125 Å². The van der Waals surface area contributed by atoms with Gasteiger partial charge >= 0.3 is 0 Å². The maximum atomic E-state index is 6.67. The minimum atomic E-state index is 0.0235. The maximum Gasteiger partial charge on any atom is 0.157 e. The van der Waals surface area contributed by atoms with E-state index < -0.39 is 0 Å². The second-order valence-corrected chi connectivity index (χ2v) is 16.5. The molecule has 12 atom stereocenters. The molecule has 0 aromatic heterocycles. The zero-order valence-electron chi connectivity index (χ0n) is 26.9. The lowest BCUT2D eigenvalue weighted by atomic mass is 9.33. The van der Waals surface area contributed by atoms with Crippen LogP contribution >= 0.6 is 0 Å². The molecular formula is C37H60O3. The lowest BCUT2D eigenvalue weighted by molar-refractivity contribution is -0.247. The summed E-state index contributed by atoms with van der Waals surface area (Å²) in [4.78, 5) is 0. The van der Waals surface area contributed by atoms with Crippen molar-refractivity contribution >= 4 is 0 Å². The van der Waals surface area contributed by atoms with Gasteiger partial charge in [-0.1, -0.05) is 46.4 Å². The van der Waals surface area contributed by atoms with Crippen LogP contribution in [0.15, 0.2) is 24.5 Å². The number of hydrogen-bond donors (Lipinski definition) is 0. The van der Waals surface area contributed by atoms with Gasteiger partial charge in [0.2, 0.25) is 0 Å². The van der Waals surface area contributed by atoms with E-state index in [0.717, 1.165) is 43.1 Å². The largest absolute Gasteiger partial charge is 0.495 e. The van der Waals surface area contributed by atoms with Crippen molar-refractivity contribution in [1.82, 2.24) is 0 Å². The van der Waals surface area contributed by atoms with Gasteiger partial charge in [-0.15, -0.1) is 0 Å². The molecule has 0 spiro atoms. The first kappa shape index (κ1) is 29.3. The first-order valence-corrected chi connectivity index (χ1v) is 17.2. The van der Waals surface area contributed by atoms with E-state index in [1.807, 2.05) is 6.92 Å². The molecule has 0 aromatic carbocycles. The molecule has 0 aromatic rings. The van der Waals surface area contributed by atoms with Crippen LogP contribution in [0.25, 0.3) is 0 Å². The summed E-state index contributed by atoms with van der Waals surface area (Å²) in [7, 11) is 0. The highest BCUT2D eigenvalue weighted by molar-refractivity contribution is 5.21. The van der Waals surface area contributed by atoms with Crippen LogP contribution in [0.4, 0.5) is 0 Å². The summed E-state index contributed by atoms with van der Waals surface area (Å²) in [5.41, 5.74) is 2.97. The summed E-state index contributed by atoms with van der Waals surface area (Å²) in [6.07, 6.45) is 17.3. The minimum Gasteiger partial charge on any atom is -0.495 e. The number of rotatable bonds is 6. The van der Waals surface area contributed by atoms with Crippen molar-refractivity contribution in [2.45, 2.75) is 137 Å². The standard InChI is InChI=1S/C37H60O3/c1-24(2)27-14-19-37(23-39-32-11-9-10-22-38-32)21-20-35(7)29(33(27)37)12-13-31-34(6)17-16-30(40-25(3)4)26(5)28(34)15-18-36(31,35)8/h26-33H,1,3,9-23H2,2,4-8H3/t26-,27+,28?,29?,30+,31?,32?,33?,34+,35-,36-,37-/m1/s1. The fourth-order valence-electron chi connectivity index (χ4n) is 12.7. The molecule has 1 aliphatic heterocycles. The van der Waals surface area contributed by atoms with Crippen LogP contribution < -0.4 is 0 Å². The third-order valence-corrected chi connectivity index (χ3v) is 14.8. The van der Waals surface area contributed by atoms with E-state index in [-0.39, 0.29) is 6.29 Å². The third-order valence-electron chi connectivity index (χ3n) is 14.8. The van der Waals surface area contributed by atoms with Gasteiger partial charge in [0, 0.05) is 6.61 Å². The highest BCUT2D eigenvalue weighted by atomic mass is 16.7. The Balaban J connectivity index is 1.28. The molecular weight excluding hydrogens is 492 g/mol. The highest BCUT2D eigenvalue weighted by Gasteiger charge is 2.70. The van der Waals surface area contributed by atoms with Gasteiger partial charge in [-0.2, -0.15) is 0 Å². The van der Waals surface area contributed by atoms with Crippen LogP contribution in [0.3, 0.4) is 0 Å². The topological polar surface area (TPSA) is 27.7 Å². The Morgan fingerprint density at radius 2 is 1.62 bits per heavy atom. The Hall–Kier alpha value is -0.800. The number of ether oxygens (including phenoxy) is 3. The maximum absolute atomic E-state index is 6.67. The minimum absolute atomic E-state index is 0.0235. The van der Waals surface area contributed by atoms with E-state index in [2.05, 4.69) is 47.8 Å². The number of fused-ring (bicyclic) bond motifs is 7. The van der Waals surface area contributed by atoms with Crippen LogP contribution in [0.2, 0.25) is 0 Å². The molecule has 5 aliphatic carbocycles. The molecule has 226 valence electrons. The van der Waals surface area contributed by atoms with Crippen molar-refractivity contribution in [1.29, 1.82) is 0 Å². The molecule has 1 saturated heterocycles. The molecule has 3 heteroatoms. The van der Waals surface area contributed by atoms with Gasteiger partial charge in [0.25, 0.3) is 0 Å². The van der Waals surface area contributed by atoms with Gasteiger partial charge in [-0.3, -0.25) is 0 Å². The summed E-state index contributed by atoms with van der Waals surface area (Å²) < 4.78 is 19.0. The van der Waals surface area contributed by atoms with Gasteiger partial charge in [0.15, 0.2) is 6.29 Å². The Kier molecular flexibility index (Phi) is 7.63. The molecule has 1 heterocycles. The van der Waals surface area contributed by atoms with E-state index >= 15 is 0 Å². The quantitative estimate of drug-likeness (QED) is 0.242. The first-order valence-electron chi connectivity index (χ1n) is 17.2. The molecule has 0 radical (unpaired) electrons. The van der Waals surface area contributed by atoms with Crippen molar-refractivity contribution in [2.24, 2.45) is 57.2 Å². The van der Waals surface area contributed by atoms with Gasteiger partial charge in [-0.05, 0) is 154 Å². The molecule has 0 N–H and O–H groups in total. The lowest BCUT2D eigenvalue weighted by Crippen LogP contribution is -2.65. The van der Waals surface area contributed by atoms with Crippen molar-refractivity contribution in [3.05, 3.63) is 24.5 Å². The van der Waals surface area contributed by atoms with Gasteiger partial charge in [0.05, 0.1) is 12.4 Å². The van der Waals surface area contributed by atoms with E-state index in [0.29, 0.717) is 45.5 Å². The average Bonchev–Trinajstić information content (AvgIpc) is 3.30. The molecule has 6 fully saturated rings. The highest BCUT2D eigenvalue weighted by Crippen LogP contribution is 2.76. The van der Waals surface area contributed by atoms with Crippen LogP contribution in [0.5, 0.6) is 0 Å². The van der Waals surface area contributed by atoms with E-state index in [1.54, 1.807) is 0 Å². The number of hydrogen-bond acceptors (Lipinski definition) is 3. The van der Waals surface area contributed by atoms with Crippen LogP contribution in [-0.4, -0.2) is 25.6 Å². The Labute approximate surface area is 246 Å². The molecule has 5 unspecified atom stereocenters. The second kappa shape index (κ2) is 10.4.